The molecule has 0 amide bonds. The lowest BCUT2D eigenvalue weighted by atomic mass is 9.71. The Kier molecular flexibility index (Phi) is 0.854. The Hall–Kier alpha value is -0.120. The fourth-order valence-corrected chi connectivity index (χ4v) is 2.33. The first kappa shape index (κ1) is 5.52. The quantitative estimate of drug-likeness (QED) is 0.487. The number of rotatable bonds is 0. The lowest BCUT2D eigenvalue weighted by molar-refractivity contribution is 0.0758. The van der Waals surface area contributed by atoms with Gasteiger partial charge in [-0.05, 0) is 0 Å². The predicted molar refractivity (Wildman–Crippen MR) is 34.8 cm³/mol. The van der Waals surface area contributed by atoms with Crippen molar-refractivity contribution in [1.29, 1.82) is 0 Å². The van der Waals surface area contributed by atoms with Gasteiger partial charge in [0.1, 0.15) is 0 Å². The van der Waals surface area contributed by atoms with Crippen molar-refractivity contribution in [2.45, 2.75) is 12.1 Å². The highest BCUT2D eigenvalue weighted by Gasteiger charge is 2.61. The molecular weight excluding hydrogens is 130 g/mol. The van der Waals surface area contributed by atoms with Crippen molar-refractivity contribution in [3.63, 3.8) is 0 Å². The first-order valence-electron chi connectivity index (χ1n) is 3.83. The third-order valence-electron chi connectivity index (χ3n) is 3.10. The molecule has 1 spiro atoms. The summed E-state index contributed by atoms with van der Waals surface area (Å²) < 4.78 is 10.8. The summed E-state index contributed by atoms with van der Waals surface area (Å²) in [6.45, 7) is 3.60. The van der Waals surface area contributed by atoms with Gasteiger partial charge in [-0.25, -0.2) is 0 Å². The Morgan fingerprint density at radius 1 is 1.10 bits per heavy atom. The molecule has 0 aromatic carbocycles. The summed E-state index contributed by atoms with van der Waals surface area (Å²) >= 11 is 0. The molecule has 10 heavy (non-hydrogen) atoms. The lowest BCUT2D eigenvalue weighted by Gasteiger charge is -2.45. The number of ether oxygens (including phenoxy) is 2. The molecule has 3 rings (SSSR count). The Morgan fingerprint density at radius 3 is 2.20 bits per heavy atom. The molecule has 3 aliphatic heterocycles. The smallest absolute Gasteiger partial charge is 0.0627 e. The molecule has 0 bridgehead atoms. The summed E-state index contributed by atoms with van der Waals surface area (Å²) in [5.74, 6) is 0. The molecule has 0 saturated carbocycles. The third-order valence-corrected chi connectivity index (χ3v) is 3.10. The molecule has 0 aromatic rings. The van der Waals surface area contributed by atoms with Crippen LogP contribution in [0.4, 0.5) is 0 Å². The minimum absolute atomic E-state index is 0.389. The minimum Gasteiger partial charge on any atom is -0.379 e. The van der Waals surface area contributed by atoms with Crippen molar-refractivity contribution in [3.8, 4) is 0 Å². The third kappa shape index (κ3) is 0.418. The Morgan fingerprint density at radius 2 is 1.70 bits per heavy atom. The van der Waals surface area contributed by atoms with Gasteiger partial charge in [0.15, 0.2) is 0 Å². The van der Waals surface area contributed by atoms with E-state index in [1.54, 1.807) is 0 Å². The number of nitrogens with one attached hydrogen (secondary N) is 1. The summed E-state index contributed by atoms with van der Waals surface area (Å²) in [6.07, 6.45) is 0. The second-order valence-electron chi connectivity index (χ2n) is 3.54. The molecule has 3 aliphatic rings. The summed E-state index contributed by atoms with van der Waals surface area (Å²) in [7, 11) is 0. The molecule has 0 radical (unpaired) electrons. The molecule has 3 nitrogen and oxygen atoms in total. The molecule has 2 unspecified atom stereocenters. The van der Waals surface area contributed by atoms with Gasteiger partial charge in [-0.3, -0.25) is 0 Å². The summed E-state index contributed by atoms with van der Waals surface area (Å²) in [6, 6.07) is 1.19. The fraction of sp³-hybridized carbons (Fsp3) is 1.00. The van der Waals surface area contributed by atoms with E-state index in [1.165, 1.54) is 0 Å². The van der Waals surface area contributed by atoms with Gasteiger partial charge in [-0.2, -0.15) is 0 Å². The van der Waals surface area contributed by atoms with E-state index < -0.39 is 0 Å². The normalized spacial score (nSPS) is 57.6. The highest BCUT2D eigenvalue weighted by Crippen LogP contribution is 2.44. The van der Waals surface area contributed by atoms with E-state index in [9.17, 15) is 0 Å². The zero-order valence-corrected chi connectivity index (χ0v) is 5.80. The van der Waals surface area contributed by atoms with Crippen molar-refractivity contribution in [1.82, 2.24) is 5.32 Å². The van der Waals surface area contributed by atoms with Gasteiger partial charge < -0.3 is 14.8 Å². The maximum atomic E-state index is 5.39. The SMILES string of the molecule is C1OCC23COCC2NC13. The Balaban J connectivity index is 1.95. The van der Waals surface area contributed by atoms with Crippen molar-refractivity contribution >= 4 is 0 Å². The van der Waals surface area contributed by atoms with Crippen LogP contribution in [0.2, 0.25) is 0 Å². The van der Waals surface area contributed by atoms with E-state index in [2.05, 4.69) is 5.32 Å². The average Bonchev–Trinajstić information content (AvgIpc) is 2.41. The van der Waals surface area contributed by atoms with Gasteiger partial charge in [0.2, 0.25) is 0 Å². The maximum absolute atomic E-state index is 5.39. The second-order valence-corrected chi connectivity index (χ2v) is 3.54. The molecule has 0 aliphatic carbocycles. The van der Waals surface area contributed by atoms with Gasteiger partial charge in [0, 0.05) is 12.1 Å². The van der Waals surface area contributed by atoms with Crippen LogP contribution in [0.5, 0.6) is 0 Å². The highest BCUT2D eigenvalue weighted by atomic mass is 16.5. The fourth-order valence-electron chi connectivity index (χ4n) is 2.33. The molecule has 3 saturated heterocycles. The van der Waals surface area contributed by atoms with Crippen LogP contribution < -0.4 is 5.32 Å². The minimum atomic E-state index is 0.389. The molecule has 3 heteroatoms. The Bertz CT molecular complexity index is 153. The number of hydrogen-bond acceptors (Lipinski definition) is 3. The average molecular weight is 141 g/mol. The summed E-state index contributed by atoms with van der Waals surface area (Å²) in [4.78, 5) is 0. The monoisotopic (exact) mass is 141 g/mol. The van der Waals surface area contributed by atoms with Gasteiger partial charge in [-0.1, -0.05) is 0 Å². The zero-order chi connectivity index (χ0) is 6.60. The zero-order valence-electron chi connectivity index (χ0n) is 5.80. The predicted octanol–water partition coefficient (Wildman–Crippen LogP) is -0.626. The topological polar surface area (TPSA) is 30.5 Å². The van der Waals surface area contributed by atoms with Gasteiger partial charge in [0.05, 0.1) is 31.8 Å². The van der Waals surface area contributed by atoms with Gasteiger partial charge >= 0.3 is 0 Å². The van der Waals surface area contributed by atoms with Gasteiger partial charge in [-0.15, -0.1) is 0 Å². The van der Waals surface area contributed by atoms with E-state index in [0.717, 1.165) is 26.4 Å². The first-order chi connectivity index (χ1) is 4.92. The van der Waals surface area contributed by atoms with Crippen LogP contribution in [0.3, 0.4) is 0 Å². The molecule has 1 N–H and O–H groups in total. The van der Waals surface area contributed by atoms with E-state index >= 15 is 0 Å². The number of hydrogen-bond donors (Lipinski definition) is 1. The Labute approximate surface area is 59.7 Å². The van der Waals surface area contributed by atoms with Crippen LogP contribution in [0, 0.1) is 5.41 Å². The van der Waals surface area contributed by atoms with Crippen molar-refractivity contribution < 1.29 is 9.47 Å². The van der Waals surface area contributed by atoms with Gasteiger partial charge in [0.25, 0.3) is 0 Å². The van der Waals surface area contributed by atoms with Crippen LogP contribution in [-0.2, 0) is 9.47 Å². The van der Waals surface area contributed by atoms with Crippen LogP contribution in [0.15, 0.2) is 0 Å². The van der Waals surface area contributed by atoms with Crippen LogP contribution in [-0.4, -0.2) is 38.5 Å². The van der Waals surface area contributed by atoms with E-state index in [1.807, 2.05) is 0 Å². The van der Waals surface area contributed by atoms with E-state index in [-0.39, 0.29) is 0 Å². The maximum Gasteiger partial charge on any atom is 0.0627 e. The largest absolute Gasteiger partial charge is 0.379 e. The van der Waals surface area contributed by atoms with E-state index in [4.69, 9.17) is 9.47 Å². The van der Waals surface area contributed by atoms with Crippen molar-refractivity contribution in [2.75, 3.05) is 26.4 Å². The highest BCUT2D eigenvalue weighted by molar-refractivity contribution is 5.15. The van der Waals surface area contributed by atoms with Crippen LogP contribution >= 0.6 is 0 Å². The van der Waals surface area contributed by atoms with Crippen LogP contribution in [0.25, 0.3) is 0 Å². The van der Waals surface area contributed by atoms with Crippen molar-refractivity contribution in [3.05, 3.63) is 0 Å². The van der Waals surface area contributed by atoms with Crippen molar-refractivity contribution in [2.24, 2.45) is 5.41 Å². The van der Waals surface area contributed by atoms with Crippen LogP contribution in [0.1, 0.15) is 0 Å². The molecule has 3 fully saturated rings. The summed E-state index contributed by atoms with van der Waals surface area (Å²) in [5, 5.41) is 3.44. The summed E-state index contributed by atoms with van der Waals surface area (Å²) in [5.41, 5.74) is 0.389. The standard InChI is InChI=1S/C7H11NO2/c1-5-7(3-9-1)4-10-2-6(7)8-5/h5-6,8H,1-4H2. The lowest BCUT2D eigenvalue weighted by Crippen LogP contribution is -2.68. The molecular formula is C7H11NO2. The second kappa shape index (κ2) is 1.55. The molecule has 2 atom stereocenters. The molecule has 0 aromatic heterocycles. The van der Waals surface area contributed by atoms with E-state index in [0.29, 0.717) is 17.5 Å². The molecule has 3 heterocycles. The molecule has 56 valence electrons. The first-order valence-corrected chi connectivity index (χ1v) is 3.83.